The lowest BCUT2D eigenvalue weighted by Gasteiger charge is -2.23. The normalized spacial score (nSPS) is 10.5. The average Bonchev–Trinajstić information content (AvgIpc) is 2.42. The van der Waals surface area contributed by atoms with E-state index < -0.39 is 5.97 Å². The molecular formula is C15H23NO4. The molecule has 1 N–H and O–H groups in total. The second kappa shape index (κ2) is 9.34. The van der Waals surface area contributed by atoms with Gasteiger partial charge in [-0.15, -0.1) is 0 Å². The summed E-state index contributed by atoms with van der Waals surface area (Å²) in [7, 11) is 1.66. The van der Waals surface area contributed by atoms with E-state index in [-0.39, 0.29) is 6.54 Å². The van der Waals surface area contributed by atoms with Gasteiger partial charge in [-0.3, -0.25) is 4.79 Å². The van der Waals surface area contributed by atoms with E-state index >= 15 is 0 Å². The summed E-state index contributed by atoms with van der Waals surface area (Å²) in [4.78, 5) is 12.7. The molecule has 0 radical (unpaired) electrons. The highest BCUT2D eigenvalue weighted by atomic mass is 16.5. The highest BCUT2D eigenvalue weighted by Gasteiger charge is 2.10. The second-order valence-corrected chi connectivity index (χ2v) is 4.61. The molecule has 1 rings (SSSR count). The lowest BCUT2D eigenvalue weighted by Crippen LogP contribution is -2.32. The van der Waals surface area contributed by atoms with E-state index in [1.54, 1.807) is 12.0 Å². The molecule has 5 nitrogen and oxygen atoms in total. The first-order valence-corrected chi connectivity index (χ1v) is 6.73. The number of aliphatic carboxylic acids is 1. The van der Waals surface area contributed by atoms with E-state index in [1.165, 1.54) is 0 Å². The van der Waals surface area contributed by atoms with Crippen molar-refractivity contribution in [3.05, 3.63) is 29.8 Å². The summed E-state index contributed by atoms with van der Waals surface area (Å²) in [5.74, 6) is -0.843. The van der Waals surface area contributed by atoms with E-state index in [1.807, 2.05) is 31.2 Å². The van der Waals surface area contributed by atoms with Gasteiger partial charge in [-0.25, -0.2) is 0 Å². The lowest BCUT2D eigenvalue weighted by molar-refractivity contribution is -0.135. The lowest BCUT2D eigenvalue weighted by atomic mass is 10.2. The molecule has 0 aliphatic carbocycles. The molecule has 1 aromatic carbocycles. The monoisotopic (exact) mass is 281 g/mol. The third kappa shape index (κ3) is 6.54. The number of anilines is 1. The summed E-state index contributed by atoms with van der Waals surface area (Å²) in [6, 6.07) is 7.82. The van der Waals surface area contributed by atoms with Crippen LogP contribution in [0.25, 0.3) is 0 Å². The third-order valence-corrected chi connectivity index (χ3v) is 2.87. The topological polar surface area (TPSA) is 59.0 Å². The molecule has 0 spiro atoms. The van der Waals surface area contributed by atoms with Crippen LogP contribution in [-0.4, -0.2) is 51.1 Å². The average molecular weight is 281 g/mol. The Hall–Kier alpha value is -1.59. The summed E-state index contributed by atoms with van der Waals surface area (Å²) in [5.41, 5.74) is 2.05. The fraction of sp³-hybridized carbons (Fsp3) is 0.533. The van der Waals surface area contributed by atoms with Gasteiger partial charge in [-0.1, -0.05) is 17.7 Å². The molecule has 0 aliphatic heterocycles. The Morgan fingerprint density at radius 1 is 1.20 bits per heavy atom. The van der Waals surface area contributed by atoms with Gasteiger partial charge >= 0.3 is 5.97 Å². The molecule has 20 heavy (non-hydrogen) atoms. The van der Waals surface area contributed by atoms with Crippen molar-refractivity contribution >= 4 is 11.7 Å². The Bertz CT molecular complexity index is 391. The highest BCUT2D eigenvalue weighted by Crippen LogP contribution is 2.14. The number of carboxylic acids is 1. The van der Waals surface area contributed by atoms with Crippen molar-refractivity contribution in [3.8, 4) is 0 Å². The first-order valence-electron chi connectivity index (χ1n) is 6.73. The van der Waals surface area contributed by atoms with E-state index in [4.69, 9.17) is 14.6 Å². The first kappa shape index (κ1) is 16.5. The van der Waals surface area contributed by atoms with Crippen LogP contribution in [0.1, 0.15) is 12.0 Å². The van der Waals surface area contributed by atoms with Crippen LogP contribution >= 0.6 is 0 Å². The largest absolute Gasteiger partial charge is 0.480 e. The van der Waals surface area contributed by atoms with Crippen molar-refractivity contribution in [1.29, 1.82) is 0 Å². The van der Waals surface area contributed by atoms with Gasteiger partial charge in [-0.2, -0.15) is 0 Å². The van der Waals surface area contributed by atoms with Gasteiger partial charge in [0.25, 0.3) is 0 Å². The maximum Gasteiger partial charge on any atom is 0.323 e. The molecule has 0 bridgehead atoms. The van der Waals surface area contributed by atoms with Gasteiger partial charge in [0, 0.05) is 32.6 Å². The fourth-order valence-corrected chi connectivity index (χ4v) is 1.80. The zero-order valence-electron chi connectivity index (χ0n) is 12.2. The fourth-order valence-electron chi connectivity index (χ4n) is 1.80. The number of nitrogens with zero attached hydrogens (tertiary/aromatic N) is 1. The Labute approximate surface area is 120 Å². The van der Waals surface area contributed by atoms with E-state index in [0.717, 1.165) is 17.7 Å². The molecule has 1 aromatic rings. The van der Waals surface area contributed by atoms with Crippen LogP contribution in [0.5, 0.6) is 0 Å². The second-order valence-electron chi connectivity index (χ2n) is 4.61. The number of hydrogen-bond acceptors (Lipinski definition) is 4. The molecule has 0 saturated carbocycles. The predicted molar refractivity (Wildman–Crippen MR) is 78.3 cm³/mol. The number of rotatable bonds is 10. The number of carboxylic acid groups (broad SMARTS) is 1. The first-order chi connectivity index (χ1) is 9.63. The molecule has 0 atom stereocenters. The smallest absolute Gasteiger partial charge is 0.323 e. The molecule has 0 heterocycles. The van der Waals surface area contributed by atoms with Crippen molar-refractivity contribution in [2.45, 2.75) is 13.3 Å². The standard InChI is InChI=1S/C15H23NO4/c1-13-4-6-14(7-5-13)16(12-15(17)18)8-11-20-10-3-9-19-2/h4-7H,3,8-12H2,1-2H3,(H,17,18). The Kier molecular flexibility index (Phi) is 7.69. The van der Waals surface area contributed by atoms with Gasteiger partial charge in [-0.05, 0) is 25.5 Å². The number of methoxy groups -OCH3 is 1. The van der Waals surface area contributed by atoms with E-state index in [0.29, 0.717) is 26.4 Å². The zero-order valence-corrected chi connectivity index (χ0v) is 12.2. The zero-order chi connectivity index (χ0) is 14.8. The number of carbonyl (C=O) groups is 1. The van der Waals surface area contributed by atoms with Gasteiger partial charge < -0.3 is 19.5 Å². The van der Waals surface area contributed by atoms with Gasteiger partial charge in [0.1, 0.15) is 6.54 Å². The molecule has 0 aromatic heterocycles. The minimum atomic E-state index is -0.843. The number of hydrogen-bond donors (Lipinski definition) is 1. The number of aryl methyl sites for hydroxylation is 1. The minimum absolute atomic E-state index is 0.0233. The quantitative estimate of drug-likeness (QED) is 0.664. The van der Waals surface area contributed by atoms with Crippen LogP contribution in [0.4, 0.5) is 5.69 Å². The predicted octanol–water partition coefficient (Wildman–Crippen LogP) is 1.94. The van der Waals surface area contributed by atoms with Crippen LogP contribution in [0.3, 0.4) is 0 Å². The van der Waals surface area contributed by atoms with Crippen molar-refractivity contribution in [1.82, 2.24) is 0 Å². The van der Waals surface area contributed by atoms with Gasteiger partial charge in [0.15, 0.2) is 0 Å². The van der Waals surface area contributed by atoms with Gasteiger partial charge in [0.2, 0.25) is 0 Å². The molecule has 0 fully saturated rings. The van der Waals surface area contributed by atoms with Gasteiger partial charge in [0.05, 0.1) is 6.61 Å². The van der Waals surface area contributed by atoms with Crippen molar-refractivity contribution in [3.63, 3.8) is 0 Å². The maximum atomic E-state index is 10.9. The van der Waals surface area contributed by atoms with Crippen LogP contribution < -0.4 is 4.90 Å². The van der Waals surface area contributed by atoms with Crippen molar-refractivity contribution in [2.24, 2.45) is 0 Å². The Morgan fingerprint density at radius 3 is 2.50 bits per heavy atom. The number of ether oxygens (including phenoxy) is 2. The molecular weight excluding hydrogens is 258 g/mol. The number of benzene rings is 1. The maximum absolute atomic E-state index is 10.9. The van der Waals surface area contributed by atoms with Crippen LogP contribution in [0.15, 0.2) is 24.3 Å². The molecule has 0 amide bonds. The van der Waals surface area contributed by atoms with Crippen LogP contribution in [-0.2, 0) is 14.3 Å². The third-order valence-electron chi connectivity index (χ3n) is 2.87. The molecule has 0 saturated heterocycles. The SMILES string of the molecule is COCCCOCCN(CC(=O)O)c1ccc(C)cc1. The summed E-state index contributed by atoms with van der Waals surface area (Å²) in [5, 5.41) is 8.97. The van der Waals surface area contributed by atoms with E-state index in [9.17, 15) is 4.79 Å². The Morgan fingerprint density at radius 2 is 1.90 bits per heavy atom. The molecule has 5 heteroatoms. The van der Waals surface area contributed by atoms with Crippen LogP contribution in [0.2, 0.25) is 0 Å². The Balaban J connectivity index is 2.44. The van der Waals surface area contributed by atoms with Crippen molar-refractivity contribution in [2.75, 3.05) is 44.9 Å². The summed E-state index contributed by atoms with van der Waals surface area (Å²) >= 11 is 0. The highest BCUT2D eigenvalue weighted by molar-refractivity contribution is 5.73. The summed E-state index contributed by atoms with van der Waals surface area (Å²) in [6.45, 7) is 4.35. The summed E-state index contributed by atoms with van der Waals surface area (Å²) in [6.07, 6.45) is 0.847. The molecule has 112 valence electrons. The minimum Gasteiger partial charge on any atom is -0.480 e. The molecule has 0 unspecified atom stereocenters. The van der Waals surface area contributed by atoms with Crippen LogP contribution in [0, 0.1) is 6.92 Å². The summed E-state index contributed by atoms with van der Waals surface area (Å²) < 4.78 is 10.4. The van der Waals surface area contributed by atoms with E-state index in [2.05, 4.69) is 0 Å². The molecule has 0 aliphatic rings. The van der Waals surface area contributed by atoms with Crippen molar-refractivity contribution < 1.29 is 19.4 Å².